The third-order valence-corrected chi connectivity index (χ3v) is 18.8. The molecule has 0 radical (unpaired) electrons. The molecule has 0 fully saturated rings. The predicted octanol–water partition coefficient (Wildman–Crippen LogP) is 8.71. The van der Waals surface area contributed by atoms with Crippen LogP contribution in [0.3, 0.4) is 0 Å². The summed E-state index contributed by atoms with van der Waals surface area (Å²) in [6, 6.07) is 34.0. The molecule has 3 amide bonds. The zero-order chi connectivity index (χ0) is 57.4. The zero-order valence-electron chi connectivity index (χ0n) is 43.2. The van der Waals surface area contributed by atoms with Crippen molar-refractivity contribution in [2.24, 2.45) is 0 Å². The summed E-state index contributed by atoms with van der Waals surface area (Å²) < 4.78 is 103. The maximum atomic E-state index is 14.0. The van der Waals surface area contributed by atoms with Crippen LogP contribution in [0.2, 0.25) is 0 Å². The Hall–Kier alpha value is -9.10. The van der Waals surface area contributed by atoms with Crippen LogP contribution >= 0.6 is 11.6 Å². The summed E-state index contributed by atoms with van der Waals surface area (Å²) in [5.74, 6) is -0.523. The van der Waals surface area contributed by atoms with Crippen molar-refractivity contribution in [3.63, 3.8) is 0 Å². The molecule has 21 nitrogen and oxygen atoms in total. The normalized spacial score (nSPS) is 16.0. The average molecular weight is 1180 g/mol. The molecule has 8 heterocycles. The molecule has 25 heteroatoms. The Kier molecular flexibility index (Phi) is 14.8. The van der Waals surface area contributed by atoms with E-state index in [4.69, 9.17) is 25.8 Å². The summed E-state index contributed by atoms with van der Waals surface area (Å²) in [5, 5.41) is 8.07. The molecule has 2 atom stereocenters. The van der Waals surface area contributed by atoms with Gasteiger partial charge in [-0.15, -0.1) is 11.6 Å². The third kappa shape index (κ3) is 11.5. The summed E-state index contributed by atoms with van der Waals surface area (Å²) >= 11 is 5.85. The van der Waals surface area contributed by atoms with Gasteiger partial charge >= 0.3 is 0 Å². The van der Waals surface area contributed by atoms with E-state index in [0.717, 1.165) is 17.5 Å². The second-order valence-electron chi connectivity index (χ2n) is 19.4. The number of aryl methyl sites for hydroxylation is 1. The van der Waals surface area contributed by atoms with E-state index < -0.39 is 59.5 Å². The van der Waals surface area contributed by atoms with Crippen LogP contribution in [0.1, 0.15) is 79.8 Å². The number of aromatic nitrogens is 6. The van der Waals surface area contributed by atoms with Gasteiger partial charge in [0.25, 0.3) is 47.8 Å². The molecule has 82 heavy (non-hydrogen) atoms. The van der Waals surface area contributed by atoms with E-state index in [1.165, 1.54) is 110 Å². The lowest BCUT2D eigenvalue weighted by molar-refractivity contribution is 0.0642. The van der Waals surface area contributed by atoms with Gasteiger partial charge in [-0.05, 0) is 128 Å². The molecule has 2 aliphatic rings. The van der Waals surface area contributed by atoms with Crippen molar-refractivity contribution in [3.05, 3.63) is 216 Å². The van der Waals surface area contributed by atoms with Crippen molar-refractivity contribution >= 4 is 76.5 Å². The molecular formula is C57H48ClN9O12S3. The minimum absolute atomic E-state index is 0.0353. The molecule has 0 saturated heterocycles. The number of amides is 3. The Bertz CT molecular complexity index is 4300. The lowest BCUT2D eigenvalue weighted by Gasteiger charge is -2.36. The van der Waals surface area contributed by atoms with E-state index in [1.54, 1.807) is 66.7 Å². The third-order valence-electron chi connectivity index (χ3n) is 13.5. The number of alkyl halides is 1. The van der Waals surface area contributed by atoms with Gasteiger partial charge in [0.15, 0.2) is 11.5 Å². The monoisotopic (exact) mass is 1180 g/mol. The highest BCUT2D eigenvalue weighted by atomic mass is 35.5. The fraction of sp³-hybridized carbons (Fsp3) is 0.158. The molecule has 3 N–H and O–H groups in total. The molecule has 2 aliphatic heterocycles. The molecule has 11 rings (SSSR count). The summed E-state index contributed by atoms with van der Waals surface area (Å²) in [4.78, 5) is 52.7. The van der Waals surface area contributed by atoms with Crippen molar-refractivity contribution in [3.8, 4) is 17.2 Å². The largest absolute Gasteiger partial charge is 0.489 e. The second-order valence-corrected chi connectivity index (χ2v) is 25.2. The molecule has 0 bridgehead atoms. The lowest BCUT2D eigenvalue weighted by Crippen LogP contribution is -2.39. The van der Waals surface area contributed by atoms with Gasteiger partial charge in [0.1, 0.15) is 34.5 Å². The van der Waals surface area contributed by atoms with E-state index in [2.05, 4.69) is 30.9 Å². The van der Waals surface area contributed by atoms with Crippen molar-refractivity contribution in [1.29, 1.82) is 0 Å². The molecule has 0 aliphatic carbocycles. The fourth-order valence-electron chi connectivity index (χ4n) is 9.25. The van der Waals surface area contributed by atoms with Gasteiger partial charge in [0.05, 0.1) is 44.0 Å². The highest BCUT2D eigenvalue weighted by Gasteiger charge is 2.34. The van der Waals surface area contributed by atoms with E-state index in [-0.39, 0.29) is 79.2 Å². The maximum absolute atomic E-state index is 14.0. The summed E-state index contributed by atoms with van der Waals surface area (Å²) in [7, 11) is -12.2. The minimum atomic E-state index is -4.22. The zero-order valence-corrected chi connectivity index (χ0v) is 46.5. The van der Waals surface area contributed by atoms with Crippen LogP contribution in [0.5, 0.6) is 17.2 Å². The van der Waals surface area contributed by atoms with Gasteiger partial charge in [0.2, 0.25) is 0 Å². The number of rotatable bonds is 16. The molecule has 0 saturated carbocycles. The molecule has 9 aromatic rings. The van der Waals surface area contributed by atoms with Crippen LogP contribution < -0.4 is 30.2 Å². The number of hydrogen-bond acceptors (Lipinski definition) is 15. The topological polar surface area (TPSA) is 271 Å². The van der Waals surface area contributed by atoms with Gasteiger partial charge in [0, 0.05) is 73.9 Å². The van der Waals surface area contributed by atoms with Gasteiger partial charge in [-0.25, -0.2) is 47.1 Å². The van der Waals surface area contributed by atoms with E-state index in [9.17, 15) is 39.6 Å². The smallest absolute Gasteiger partial charge is 0.274 e. The quantitative estimate of drug-likeness (QED) is 0.0763. The van der Waals surface area contributed by atoms with Crippen LogP contribution in [0.15, 0.2) is 192 Å². The number of nitrogens with zero attached hydrogens (tertiary/aromatic N) is 6. The molecule has 6 aromatic heterocycles. The van der Waals surface area contributed by atoms with Crippen LogP contribution in [0, 0.1) is 0 Å². The number of halogens is 1. The van der Waals surface area contributed by atoms with Crippen LogP contribution in [0.25, 0.3) is 0 Å². The average Bonchev–Trinajstić information content (AvgIpc) is 4.35. The first-order chi connectivity index (χ1) is 39.3. The Morgan fingerprint density at radius 2 is 1.16 bits per heavy atom. The summed E-state index contributed by atoms with van der Waals surface area (Å²) in [6.45, 7) is 2.02. The Balaban J connectivity index is 0.695. The summed E-state index contributed by atoms with van der Waals surface area (Å²) in [6.07, 6.45) is 10.2. The van der Waals surface area contributed by atoms with E-state index in [1.807, 2.05) is 6.92 Å². The highest BCUT2D eigenvalue weighted by molar-refractivity contribution is 7.90. The van der Waals surface area contributed by atoms with Crippen LogP contribution in [0.4, 0.5) is 17.1 Å². The Morgan fingerprint density at radius 1 is 0.610 bits per heavy atom. The Morgan fingerprint density at radius 3 is 1.77 bits per heavy atom. The van der Waals surface area contributed by atoms with Crippen molar-refractivity contribution in [1.82, 2.24) is 26.9 Å². The molecule has 3 aromatic carbocycles. The molecule has 2 unspecified atom stereocenters. The van der Waals surface area contributed by atoms with Crippen molar-refractivity contribution in [2.45, 2.75) is 64.9 Å². The number of pyridine rings is 3. The van der Waals surface area contributed by atoms with E-state index in [0.29, 0.717) is 42.0 Å². The number of anilines is 3. The summed E-state index contributed by atoms with van der Waals surface area (Å²) in [5.41, 5.74) is 2.62. The van der Waals surface area contributed by atoms with Crippen LogP contribution in [-0.4, -0.2) is 82.1 Å². The first-order valence-electron chi connectivity index (χ1n) is 25.3. The standard InChI is InChI=1S/C57H48ClN9O12S3/c1-57(24-19-38-30-44(15-17-50(38)79-57)81(73,74)66-27-21-40(35-66)61-54(68)47-7-2-3-25-59-47)32-39-6-4-9-48(60-39)55(69)62-42-22-28-67(36-42)82(75,76)45-16-18-52-53(31-45)77-29-23-51(78-52)46-8-5-10-49(64-46)56(70)63-41-20-26-65(34-41)80(71,72)43-13-11-37(33-58)12-14-43/h2-18,20-22,25-28,30-31,34-36,51H,19,23-24,29,32-33H2,1H3,(H,61,68)(H,62,69)(H,63,70). The van der Waals surface area contributed by atoms with Crippen LogP contribution in [-0.2, 0) is 48.8 Å². The van der Waals surface area contributed by atoms with E-state index >= 15 is 0 Å². The number of benzene rings is 3. The molecular weight excluding hydrogens is 1130 g/mol. The lowest BCUT2D eigenvalue weighted by atomic mass is 9.88. The van der Waals surface area contributed by atoms with Gasteiger partial charge < -0.3 is 30.2 Å². The molecule has 418 valence electrons. The van der Waals surface area contributed by atoms with Crippen molar-refractivity contribution in [2.75, 3.05) is 22.6 Å². The van der Waals surface area contributed by atoms with Gasteiger partial charge in [-0.3, -0.25) is 19.4 Å². The van der Waals surface area contributed by atoms with Gasteiger partial charge in [-0.2, -0.15) is 0 Å². The minimum Gasteiger partial charge on any atom is -0.489 e. The number of hydrogen-bond donors (Lipinski definition) is 3. The second kappa shape index (κ2) is 22.1. The SMILES string of the molecule is CC1(Cc2cccc(C(=O)Nc3ccn(S(=O)(=O)c4ccc5c(c4)OCCC(c4cccc(C(=O)Nc6ccn(S(=O)(=O)c7ccc(CCl)cc7)c6)n4)O5)c3)n2)CCc2cc(S(=O)(=O)n3ccc(NC(=O)c4ccccn4)c3)ccc2O1. The number of carbonyl (C=O) groups is 3. The number of carbonyl (C=O) groups excluding carboxylic acids is 3. The first kappa shape index (κ1) is 54.8. The maximum Gasteiger partial charge on any atom is 0.274 e. The van der Waals surface area contributed by atoms with Crippen molar-refractivity contribution < 1.29 is 53.8 Å². The fourth-order valence-corrected chi connectivity index (χ4v) is 13.1. The number of nitrogens with one attached hydrogen (secondary N) is 3. The number of fused-ring (bicyclic) bond motifs is 2. The van der Waals surface area contributed by atoms with Gasteiger partial charge in [-0.1, -0.05) is 30.3 Å². The molecule has 0 spiro atoms. The Labute approximate surface area is 475 Å². The number of ether oxygens (including phenoxy) is 3. The highest BCUT2D eigenvalue weighted by Crippen LogP contribution is 2.39. The first-order valence-corrected chi connectivity index (χ1v) is 30.2. The predicted molar refractivity (Wildman–Crippen MR) is 301 cm³/mol.